The van der Waals surface area contributed by atoms with Crippen LogP contribution >= 0.6 is 11.6 Å². The number of nitrogens with one attached hydrogen (secondary N) is 1. The average Bonchev–Trinajstić information content (AvgIpc) is 2.93. The number of halogens is 1. The third kappa shape index (κ3) is 2.46. The van der Waals surface area contributed by atoms with Gasteiger partial charge in [-0.25, -0.2) is 0 Å². The molecule has 0 saturated carbocycles. The van der Waals surface area contributed by atoms with Crippen LogP contribution in [0.2, 0.25) is 5.02 Å². The number of carbonyl (C=O) groups is 2. The van der Waals surface area contributed by atoms with E-state index in [0.717, 1.165) is 11.1 Å². The van der Waals surface area contributed by atoms with E-state index < -0.39 is 12.1 Å². The van der Waals surface area contributed by atoms with E-state index in [4.69, 9.17) is 11.6 Å². The molecule has 4 rings (SSSR count). The highest BCUT2D eigenvalue weighted by atomic mass is 35.5. The van der Waals surface area contributed by atoms with Gasteiger partial charge in [-0.3, -0.25) is 9.59 Å². The van der Waals surface area contributed by atoms with Gasteiger partial charge in [0.25, 0.3) is 5.91 Å². The van der Waals surface area contributed by atoms with Crippen molar-refractivity contribution in [3.8, 4) is 11.1 Å². The Morgan fingerprint density at radius 2 is 1.79 bits per heavy atom. The zero-order valence-electron chi connectivity index (χ0n) is 12.7. The molecule has 2 N–H and O–H groups in total. The van der Waals surface area contributed by atoms with Crippen molar-refractivity contribution in [2.24, 2.45) is 0 Å². The molecule has 5 nitrogen and oxygen atoms in total. The number of rotatable bonds is 1. The summed E-state index contributed by atoms with van der Waals surface area (Å²) in [5.74, 6) is -0.487. The third-order valence-corrected chi connectivity index (χ3v) is 4.78. The van der Waals surface area contributed by atoms with Crippen LogP contribution in [0.25, 0.3) is 11.1 Å². The van der Waals surface area contributed by atoms with Crippen molar-refractivity contribution in [2.45, 2.75) is 18.6 Å². The van der Waals surface area contributed by atoms with Crippen molar-refractivity contribution in [2.75, 3.05) is 11.9 Å². The van der Waals surface area contributed by atoms with Crippen molar-refractivity contribution in [1.29, 1.82) is 0 Å². The number of aliphatic hydroxyl groups is 1. The summed E-state index contributed by atoms with van der Waals surface area (Å²) in [6.07, 6.45) is -0.388. The molecule has 0 aliphatic carbocycles. The number of carbonyl (C=O) groups excluding carboxylic acids is 2. The molecule has 2 heterocycles. The maximum Gasteiger partial charge on any atom is 0.256 e. The highest BCUT2D eigenvalue weighted by molar-refractivity contribution is 6.30. The fourth-order valence-electron chi connectivity index (χ4n) is 3.31. The van der Waals surface area contributed by atoms with Gasteiger partial charge in [-0.2, -0.15) is 0 Å². The first-order valence-corrected chi connectivity index (χ1v) is 8.10. The number of nitrogens with zero attached hydrogens (tertiary/aromatic N) is 1. The van der Waals surface area contributed by atoms with Gasteiger partial charge in [-0.1, -0.05) is 29.8 Å². The summed E-state index contributed by atoms with van der Waals surface area (Å²) in [6, 6.07) is 12.1. The lowest BCUT2D eigenvalue weighted by molar-refractivity contribution is -0.119. The number of amides is 2. The maximum atomic E-state index is 12.8. The second-order valence-corrected chi connectivity index (χ2v) is 6.56. The Bertz CT molecular complexity index is 835. The molecule has 0 spiro atoms. The Kier molecular flexibility index (Phi) is 3.55. The lowest BCUT2D eigenvalue weighted by Crippen LogP contribution is -2.40. The lowest BCUT2D eigenvalue weighted by Gasteiger charge is -2.19. The molecule has 1 saturated heterocycles. The zero-order valence-corrected chi connectivity index (χ0v) is 13.5. The Morgan fingerprint density at radius 3 is 2.54 bits per heavy atom. The minimum atomic E-state index is -0.661. The molecule has 0 bridgehead atoms. The maximum absolute atomic E-state index is 12.8. The summed E-state index contributed by atoms with van der Waals surface area (Å²) in [5.41, 5.74) is 2.74. The minimum absolute atomic E-state index is 0.182. The van der Waals surface area contributed by atoms with Crippen LogP contribution in [0.3, 0.4) is 0 Å². The standard InChI is InChI=1S/C18H15ClN2O3/c19-12-4-1-10(2-5-12)11-3-6-15-14(7-11)18(24)21-9-13(22)8-16(21)17(23)20-15/h1-7,13,16,22H,8-9H2,(H,20,23)/t13-,16+/m1/s1. The number of benzene rings is 2. The fourth-order valence-corrected chi connectivity index (χ4v) is 3.44. The van der Waals surface area contributed by atoms with E-state index in [2.05, 4.69) is 5.32 Å². The number of aliphatic hydroxyl groups excluding tert-OH is 1. The van der Waals surface area contributed by atoms with Gasteiger partial charge in [0.1, 0.15) is 6.04 Å². The predicted octanol–water partition coefficient (Wildman–Crippen LogP) is 2.53. The second kappa shape index (κ2) is 5.61. The van der Waals surface area contributed by atoms with Crippen molar-refractivity contribution >= 4 is 29.1 Å². The Labute approximate surface area is 143 Å². The first-order valence-electron chi connectivity index (χ1n) is 7.73. The third-order valence-electron chi connectivity index (χ3n) is 4.53. The van der Waals surface area contributed by atoms with Gasteiger partial charge in [-0.15, -0.1) is 0 Å². The van der Waals surface area contributed by atoms with Crippen LogP contribution in [0.4, 0.5) is 5.69 Å². The first kappa shape index (κ1) is 15.2. The molecule has 2 aliphatic heterocycles. The molecule has 0 unspecified atom stereocenters. The average molecular weight is 343 g/mol. The smallest absolute Gasteiger partial charge is 0.256 e. The summed E-state index contributed by atoms with van der Waals surface area (Å²) >= 11 is 5.92. The normalized spacial score (nSPS) is 22.7. The lowest BCUT2D eigenvalue weighted by atomic mass is 10.0. The summed E-state index contributed by atoms with van der Waals surface area (Å²) in [4.78, 5) is 26.6. The van der Waals surface area contributed by atoms with Crippen molar-refractivity contribution in [3.05, 3.63) is 53.1 Å². The molecule has 0 aromatic heterocycles. The van der Waals surface area contributed by atoms with E-state index in [0.29, 0.717) is 16.3 Å². The predicted molar refractivity (Wildman–Crippen MR) is 91.0 cm³/mol. The monoisotopic (exact) mass is 342 g/mol. The summed E-state index contributed by atoms with van der Waals surface area (Å²) in [5, 5.41) is 13.3. The van der Waals surface area contributed by atoms with E-state index in [9.17, 15) is 14.7 Å². The molecule has 122 valence electrons. The second-order valence-electron chi connectivity index (χ2n) is 6.12. The number of hydrogen-bond acceptors (Lipinski definition) is 3. The van der Waals surface area contributed by atoms with Gasteiger partial charge in [0.2, 0.25) is 5.91 Å². The van der Waals surface area contributed by atoms with Gasteiger partial charge in [-0.05, 0) is 35.4 Å². The summed E-state index contributed by atoms with van der Waals surface area (Å²) < 4.78 is 0. The molecule has 2 aliphatic rings. The molecule has 2 aromatic carbocycles. The zero-order chi connectivity index (χ0) is 16.8. The summed E-state index contributed by atoms with van der Waals surface area (Å²) in [7, 11) is 0. The Hall–Kier alpha value is -2.37. The Balaban J connectivity index is 1.78. The fraction of sp³-hybridized carbons (Fsp3) is 0.222. The van der Waals surface area contributed by atoms with E-state index >= 15 is 0 Å². The van der Waals surface area contributed by atoms with Crippen LogP contribution in [0.5, 0.6) is 0 Å². The van der Waals surface area contributed by atoms with Gasteiger partial charge >= 0.3 is 0 Å². The van der Waals surface area contributed by atoms with Gasteiger partial charge in [0.05, 0.1) is 17.4 Å². The molecule has 1 fully saturated rings. The molecule has 0 radical (unpaired) electrons. The SMILES string of the molecule is O=C1Nc2ccc(-c3ccc(Cl)cc3)cc2C(=O)N2C[C@H](O)C[C@@H]12. The molecular formula is C18H15ClN2O3. The van der Waals surface area contributed by atoms with Crippen molar-refractivity contribution < 1.29 is 14.7 Å². The van der Waals surface area contributed by atoms with Gasteiger partial charge in [0, 0.05) is 18.0 Å². The van der Waals surface area contributed by atoms with Gasteiger partial charge < -0.3 is 15.3 Å². The molecular weight excluding hydrogens is 328 g/mol. The minimum Gasteiger partial charge on any atom is -0.391 e. The van der Waals surface area contributed by atoms with E-state index in [1.54, 1.807) is 24.3 Å². The summed E-state index contributed by atoms with van der Waals surface area (Å²) in [6.45, 7) is 0.182. The molecule has 2 amide bonds. The first-order chi connectivity index (χ1) is 11.5. The van der Waals surface area contributed by atoms with Gasteiger partial charge in [0.15, 0.2) is 0 Å². The van der Waals surface area contributed by atoms with E-state index in [-0.39, 0.29) is 24.8 Å². The van der Waals surface area contributed by atoms with Crippen LogP contribution in [-0.4, -0.2) is 40.5 Å². The number of fused-ring (bicyclic) bond motifs is 2. The van der Waals surface area contributed by atoms with Crippen LogP contribution in [0.1, 0.15) is 16.8 Å². The largest absolute Gasteiger partial charge is 0.391 e. The van der Waals surface area contributed by atoms with Crippen molar-refractivity contribution in [1.82, 2.24) is 4.90 Å². The number of anilines is 1. The van der Waals surface area contributed by atoms with Crippen molar-refractivity contribution in [3.63, 3.8) is 0 Å². The topological polar surface area (TPSA) is 69.6 Å². The molecule has 6 heteroatoms. The molecule has 24 heavy (non-hydrogen) atoms. The number of hydrogen-bond donors (Lipinski definition) is 2. The van der Waals surface area contributed by atoms with E-state index in [1.807, 2.05) is 18.2 Å². The Morgan fingerprint density at radius 1 is 1.08 bits per heavy atom. The quantitative estimate of drug-likeness (QED) is 0.836. The van der Waals surface area contributed by atoms with Crippen LogP contribution in [-0.2, 0) is 4.79 Å². The molecule has 2 aromatic rings. The van der Waals surface area contributed by atoms with E-state index in [1.165, 1.54) is 4.90 Å². The van der Waals surface area contributed by atoms with Crippen LogP contribution in [0, 0.1) is 0 Å². The molecule has 2 atom stereocenters. The highest BCUT2D eigenvalue weighted by Gasteiger charge is 2.42. The van der Waals surface area contributed by atoms with Crippen LogP contribution in [0.15, 0.2) is 42.5 Å². The van der Waals surface area contributed by atoms with Crippen LogP contribution < -0.4 is 5.32 Å². The highest BCUT2D eigenvalue weighted by Crippen LogP contribution is 2.32.